The number of aromatic nitrogens is 4. The van der Waals surface area contributed by atoms with Crippen LogP contribution < -0.4 is 10.1 Å². The first-order valence-electron chi connectivity index (χ1n) is 10.4. The zero-order valence-corrected chi connectivity index (χ0v) is 18.4. The van der Waals surface area contributed by atoms with Crippen molar-refractivity contribution < 1.29 is 9.53 Å². The van der Waals surface area contributed by atoms with Crippen LogP contribution in [0.25, 0.3) is 21.6 Å². The summed E-state index contributed by atoms with van der Waals surface area (Å²) in [5.41, 5.74) is 3.65. The lowest BCUT2D eigenvalue weighted by Crippen LogP contribution is -2.35. The molecule has 0 aliphatic carbocycles. The number of nitrogens with zero attached hydrogens (tertiary/aromatic N) is 5. The maximum absolute atomic E-state index is 12.8. The molecule has 0 saturated carbocycles. The van der Waals surface area contributed by atoms with E-state index in [1.807, 2.05) is 24.3 Å². The van der Waals surface area contributed by atoms with E-state index in [1.165, 1.54) is 11.3 Å². The number of nitrogens with one attached hydrogen (secondary N) is 1. The lowest BCUT2D eigenvalue weighted by atomic mass is 10.1. The van der Waals surface area contributed by atoms with Crippen molar-refractivity contribution in [3.63, 3.8) is 0 Å². The molecular formula is C23H22N6O2S. The molecule has 4 heterocycles. The first-order chi connectivity index (χ1) is 15.6. The van der Waals surface area contributed by atoms with Crippen molar-refractivity contribution in [2.45, 2.75) is 18.9 Å². The number of ether oxygens (including phenoxy) is 1. The van der Waals surface area contributed by atoms with E-state index in [0.29, 0.717) is 17.1 Å². The van der Waals surface area contributed by atoms with Crippen molar-refractivity contribution in [3.05, 3.63) is 59.7 Å². The lowest BCUT2D eigenvalue weighted by molar-refractivity contribution is 0.102. The molecule has 162 valence electrons. The maximum Gasteiger partial charge on any atom is 0.256 e. The van der Waals surface area contributed by atoms with Gasteiger partial charge in [0.05, 0.1) is 5.52 Å². The molecule has 5 rings (SSSR count). The minimum absolute atomic E-state index is 0.181. The lowest BCUT2D eigenvalue weighted by Gasteiger charge is -2.29. The Kier molecular flexibility index (Phi) is 5.74. The molecule has 1 amide bonds. The van der Waals surface area contributed by atoms with Crippen LogP contribution in [0.1, 0.15) is 23.2 Å². The summed E-state index contributed by atoms with van der Waals surface area (Å²) in [5, 5.41) is 12.4. The Morgan fingerprint density at radius 1 is 1.19 bits per heavy atom. The first-order valence-corrected chi connectivity index (χ1v) is 11.3. The molecule has 1 aromatic carbocycles. The van der Waals surface area contributed by atoms with Gasteiger partial charge >= 0.3 is 0 Å². The normalized spacial score (nSPS) is 15.0. The van der Waals surface area contributed by atoms with Gasteiger partial charge in [-0.15, -0.1) is 10.2 Å². The first kappa shape index (κ1) is 20.5. The van der Waals surface area contributed by atoms with E-state index in [9.17, 15) is 4.79 Å². The minimum Gasteiger partial charge on any atom is -0.490 e. The minimum atomic E-state index is -0.244. The van der Waals surface area contributed by atoms with E-state index >= 15 is 0 Å². The number of carbonyl (C=O) groups is 1. The van der Waals surface area contributed by atoms with Crippen LogP contribution in [0.15, 0.2) is 54.2 Å². The van der Waals surface area contributed by atoms with Crippen LogP contribution in [-0.4, -0.2) is 57.2 Å². The fraction of sp³-hybridized carbons (Fsp3) is 0.261. The van der Waals surface area contributed by atoms with Gasteiger partial charge in [-0.25, -0.2) is 9.97 Å². The number of piperidine rings is 1. The Morgan fingerprint density at radius 2 is 2.06 bits per heavy atom. The number of rotatable bonds is 5. The number of pyridine rings is 2. The summed E-state index contributed by atoms with van der Waals surface area (Å²) in [5.74, 6) is 0.902. The Morgan fingerprint density at radius 3 is 2.88 bits per heavy atom. The third-order valence-electron chi connectivity index (χ3n) is 5.46. The second kappa shape index (κ2) is 8.97. The topological polar surface area (TPSA) is 93.1 Å². The second-order valence-corrected chi connectivity index (χ2v) is 8.64. The van der Waals surface area contributed by atoms with E-state index in [1.54, 1.807) is 29.9 Å². The predicted octanol–water partition coefficient (Wildman–Crippen LogP) is 3.87. The molecule has 1 aliphatic heterocycles. The Bertz CT molecular complexity index is 1240. The molecule has 9 heteroatoms. The van der Waals surface area contributed by atoms with Gasteiger partial charge in [0.25, 0.3) is 5.91 Å². The number of anilines is 1. The van der Waals surface area contributed by atoms with Crippen LogP contribution >= 0.6 is 11.3 Å². The highest BCUT2D eigenvalue weighted by molar-refractivity contribution is 7.12. The van der Waals surface area contributed by atoms with Gasteiger partial charge in [0, 0.05) is 36.3 Å². The van der Waals surface area contributed by atoms with Crippen LogP contribution in [0.3, 0.4) is 0 Å². The number of carbonyl (C=O) groups excluding carboxylic acids is 1. The third-order valence-corrected chi connectivity index (χ3v) is 6.17. The van der Waals surface area contributed by atoms with E-state index in [2.05, 4.69) is 37.4 Å². The molecule has 1 saturated heterocycles. The number of fused-ring (bicyclic) bond motifs is 1. The molecule has 32 heavy (non-hydrogen) atoms. The third kappa shape index (κ3) is 4.58. The Hall–Kier alpha value is -3.43. The van der Waals surface area contributed by atoms with E-state index in [4.69, 9.17) is 4.74 Å². The molecule has 1 fully saturated rings. The largest absolute Gasteiger partial charge is 0.490 e. The summed E-state index contributed by atoms with van der Waals surface area (Å²) in [6, 6.07) is 12.9. The summed E-state index contributed by atoms with van der Waals surface area (Å²) in [4.78, 5) is 24.1. The average Bonchev–Trinajstić information content (AvgIpc) is 3.35. The quantitative estimate of drug-likeness (QED) is 0.497. The van der Waals surface area contributed by atoms with Crippen LogP contribution in [0.4, 0.5) is 5.82 Å². The molecular weight excluding hydrogens is 424 g/mol. The highest BCUT2D eigenvalue weighted by atomic mass is 32.1. The predicted molar refractivity (Wildman–Crippen MR) is 124 cm³/mol. The molecule has 1 aliphatic rings. The van der Waals surface area contributed by atoms with Gasteiger partial charge in [-0.2, -0.15) is 0 Å². The molecule has 4 aromatic rings. The summed E-state index contributed by atoms with van der Waals surface area (Å²) in [7, 11) is 2.12. The highest BCUT2D eigenvalue weighted by Gasteiger charge is 2.18. The fourth-order valence-electron chi connectivity index (χ4n) is 3.68. The zero-order valence-electron chi connectivity index (χ0n) is 17.6. The van der Waals surface area contributed by atoms with Gasteiger partial charge in [0.2, 0.25) is 0 Å². The van der Waals surface area contributed by atoms with Crippen molar-refractivity contribution in [2.75, 3.05) is 25.5 Å². The van der Waals surface area contributed by atoms with Gasteiger partial charge in [0.15, 0.2) is 5.01 Å². The zero-order chi connectivity index (χ0) is 21.9. The molecule has 0 unspecified atom stereocenters. The molecule has 0 bridgehead atoms. The summed E-state index contributed by atoms with van der Waals surface area (Å²) >= 11 is 1.43. The average molecular weight is 447 g/mol. The van der Waals surface area contributed by atoms with E-state index < -0.39 is 0 Å². The molecule has 1 N–H and O–H groups in total. The van der Waals surface area contributed by atoms with Crippen LogP contribution in [0.5, 0.6) is 5.75 Å². The summed E-state index contributed by atoms with van der Waals surface area (Å²) < 4.78 is 6.11. The van der Waals surface area contributed by atoms with Gasteiger partial charge in [0.1, 0.15) is 28.9 Å². The number of benzene rings is 1. The van der Waals surface area contributed by atoms with Crippen molar-refractivity contribution >= 4 is 34.0 Å². The fourth-order valence-corrected chi connectivity index (χ4v) is 4.21. The molecule has 8 nitrogen and oxygen atoms in total. The van der Waals surface area contributed by atoms with Crippen molar-refractivity contribution in [2.24, 2.45) is 0 Å². The smallest absolute Gasteiger partial charge is 0.256 e. The monoisotopic (exact) mass is 446 g/mol. The number of likely N-dealkylation sites (tertiary alicyclic amines) is 1. The highest BCUT2D eigenvalue weighted by Crippen LogP contribution is 2.24. The number of amides is 1. The molecule has 0 atom stereocenters. The SMILES string of the molecule is CN1CCC(Oc2cccc(C(=O)Nc3cc4nc(-c5nncs5)ccc4cn3)c2)CC1. The van der Waals surface area contributed by atoms with Gasteiger partial charge in [-0.1, -0.05) is 17.4 Å². The van der Waals surface area contributed by atoms with E-state index in [0.717, 1.165) is 47.5 Å². The molecule has 0 spiro atoms. The number of hydrogen-bond donors (Lipinski definition) is 1. The Labute approximate surface area is 189 Å². The standard InChI is InChI=1S/C23H22N6O2S/c1-29-9-7-17(8-10-29)31-18-4-2-3-15(11-18)22(30)27-21-12-20-16(13-24-21)5-6-19(26-20)23-28-25-14-32-23/h2-6,11-14,17H,7-10H2,1H3,(H,24,27,30). The van der Waals surface area contributed by atoms with Crippen LogP contribution in [0, 0.1) is 0 Å². The number of hydrogen-bond acceptors (Lipinski definition) is 8. The van der Waals surface area contributed by atoms with Gasteiger partial charge < -0.3 is 15.0 Å². The van der Waals surface area contributed by atoms with Crippen molar-refractivity contribution in [1.29, 1.82) is 0 Å². The summed E-state index contributed by atoms with van der Waals surface area (Å²) in [6.07, 6.45) is 3.85. The van der Waals surface area contributed by atoms with Crippen LogP contribution in [-0.2, 0) is 0 Å². The van der Waals surface area contributed by atoms with E-state index in [-0.39, 0.29) is 12.0 Å². The maximum atomic E-state index is 12.8. The Balaban J connectivity index is 1.31. The van der Waals surface area contributed by atoms with Gasteiger partial charge in [-0.3, -0.25) is 4.79 Å². The summed E-state index contributed by atoms with van der Waals surface area (Å²) in [6.45, 7) is 2.04. The second-order valence-electron chi connectivity index (χ2n) is 7.81. The van der Waals surface area contributed by atoms with Crippen molar-refractivity contribution in [3.8, 4) is 16.5 Å². The molecule has 0 radical (unpaired) electrons. The van der Waals surface area contributed by atoms with Crippen LogP contribution in [0.2, 0.25) is 0 Å². The van der Waals surface area contributed by atoms with Gasteiger partial charge in [-0.05, 0) is 50.2 Å². The molecule has 3 aromatic heterocycles. The van der Waals surface area contributed by atoms with Crippen molar-refractivity contribution in [1.82, 2.24) is 25.1 Å².